The first kappa shape index (κ1) is 19.7. The van der Waals surface area contributed by atoms with Crippen LogP contribution >= 0.6 is 0 Å². The Hall–Kier alpha value is -2.61. The SMILES string of the molecule is CCOc1ccccc1N1CC(C(=O)N(CCOC)CC(=O)O)CC1=O. The second-order valence-corrected chi connectivity index (χ2v) is 5.95. The lowest BCUT2D eigenvalue weighted by Gasteiger charge is -2.24. The number of hydrogen-bond donors (Lipinski definition) is 1. The summed E-state index contributed by atoms with van der Waals surface area (Å²) in [6.45, 7) is 2.50. The Bertz CT molecular complexity index is 663. The number of amides is 2. The van der Waals surface area contributed by atoms with Crippen LogP contribution in [0.5, 0.6) is 5.75 Å². The molecule has 1 atom stereocenters. The predicted octanol–water partition coefficient (Wildman–Crippen LogP) is 0.998. The summed E-state index contributed by atoms with van der Waals surface area (Å²) in [6, 6.07) is 7.17. The van der Waals surface area contributed by atoms with E-state index in [9.17, 15) is 14.4 Å². The number of methoxy groups -OCH3 is 1. The van der Waals surface area contributed by atoms with Crippen LogP contribution in [0.3, 0.4) is 0 Å². The van der Waals surface area contributed by atoms with Crippen molar-refractivity contribution in [1.29, 1.82) is 0 Å². The number of carbonyl (C=O) groups excluding carboxylic acids is 2. The fourth-order valence-electron chi connectivity index (χ4n) is 2.95. The molecule has 0 radical (unpaired) electrons. The number of hydrogen-bond acceptors (Lipinski definition) is 5. The molecule has 0 bridgehead atoms. The van der Waals surface area contributed by atoms with E-state index in [4.69, 9.17) is 14.6 Å². The lowest BCUT2D eigenvalue weighted by Crippen LogP contribution is -2.42. The minimum absolute atomic E-state index is 0.0440. The quantitative estimate of drug-likeness (QED) is 0.702. The molecule has 2 amide bonds. The highest BCUT2D eigenvalue weighted by Gasteiger charge is 2.38. The van der Waals surface area contributed by atoms with Crippen molar-refractivity contribution < 1.29 is 29.0 Å². The molecule has 8 nitrogen and oxygen atoms in total. The lowest BCUT2D eigenvalue weighted by atomic mass is 10.1. The smallest absolute Gasteiger partial charge is 0.323 e. The third-order valence-corrected chi connectivity index (χ3v) is 4.13. The van der Waals surface area contributed by atoms with Crippen molar-refractivity contribution in [1.82, 2.24) is 4.90 Å². The van der Waals surface area contributed by atoms with Crippen LogP contribution < -0.4 is 9.64 Å². The summed E-state index contributed by atoms with van der Waals surface area (Å²) in [5, 5.41) is 9.02. The van der Waals surface area contributed by atoms with Gasteiger partial charge in [-0.25, -0.2) is 0 Å². The van der Waals surface area contributed by atoms with E-state index >= 15 is 0 Å². The molecule has 8 heteroatoms. The molecule has 1 heterocycles. The standard InChI is InChI=1S/C18H24N2O6/c1-3-26-15-7-5-4-6-14(15)20-11-13(10-16(20)21)18(24)19(8-9-25-2)12-17(22)23/h4-7,13H,3,8-12H2,1-2H3,(H,22,23). The lowest BCUT2D eigenvalue weighted by molar-refractivity contribution is -0.146. The Morgan fingerprint density at radius 1 is 1.35 bits per heavy atom. The summed E-state index contributed by atoms with van der Waals surface area (Å²) in [4.78, 5) is 39.0. The number of carboxylic acid groups (broad SMARTS) is 1. The maximum Gasteiger partial charge on any atom is 0.323 e. The van der Waals surface area contributed by atoms with Gasteiger partial charge in [-0.3, -0.25) is 14.4 Å². The molecule has 1 N–H and O–H groups in total. The van der Waals surface area contributed by atoms with E-state index in [2.05, 4.69) is 0 Å². The van der Waals surface area contributed by atoms with Crippen LogP contribution in [0.4, 0.5) is 5.69 Å². The van der Waals surface area contributed by atoms with Crippen molar-refractivity contribution in [3.63, 3.8) is 0 Å². The van der Waals surface area contributed by atoms with Crippen LogP contribution in [-0.2, 0) is 19.1 Å². The van der Waals surface area contributed by atoms with E-state index < -0.39 is 18.4 Å². The summed E-state index contributed by atoms with van der Waals surface area (Å²) >= 11 is 0. The first-order chi connectivity index (χ1) is 12.5. The molecular formula is C18H24N2O6. The van der Waals surface area contributed by atoms with Gasteiger partial charge in [0.2, 0.25) is 11.8 Å². The number of carbonyl (C=O) groups is 3. The van der Waals surface area contributed by atoms with Crippen LogP contribution in [0.15, 0.2) is 24.3 Å². The van der Waals surface area contributed by atoms with Gasteiger partial charge in [0.05, 0.1) is 24.8 Å². The molecule has 1 aliphatic heterocycles. The molecule has 2 rings (SSSR count). The fourth-order valence-corrected chi connectivity index (χ4v) is 2.95. The Labute approximate surface area is 152 Å². The molecule has 1 saturated heterocycles. The molecule has 1 aromatic rings. The first-order valence-electron chi connectivity index (χ1n) is 8.49. The molecule has 0 aromatic heterocycles. The number of anilines is 1. The zero-order valence-corrected chi connectivity index (χ0v) is 15.0. The van der Waals surface area contributed by atoms with Gasteiger partial charge in [-0.15, -0.1) is 0 Å². The van der Waals surface area contributed by atoms with Gasteiger partial charge in [0.15, 0.2) is 0 Å². The van der Waals surface area contributed by atoms with Crippen LogP contribution in [-0.4, -0.2) is 67.7 Å². The first-order valence-corrected chi connectivity index (χ1v) is 8.49. The monoisotopic (exact) mass is 364 g/mol. The van der Waals surface area contributed by atoms with Gasteiger partial charge >= 0.3 is 5.97 Å². The van der Waals surface area contributed by atoms with E-state index in [0.717, 1.165) is 0 Å². The number of para-hydroxylation sites is 2. The average Bonchev–Trinajstić information content (AvgIpc) is 3.00. The summed E-state index contributed by atoms with van der Waals surface area (Å²) < 4.78 is 10.5. The van der Waals surface area contributed by atoms with Gasteiger partial charge in [-0.1, -0.05) is 12.1 Å². The normalized spacial score (nSPS) is 16.6. The van der Waals surface area contributed by atoms with Crippen LogP contribution in [0, 0.1) is 5.92 Å². The maximum atomic E-state index is 12.7. The molecule has 142 valence electrons. The minimum Gasteiger partial charge on any atom is -0.492 e. The molecule has 0 saturated carbocycles. The van der Waals surface area contributed by atoms with E-state index in [-0.39, 0.29) is 37.9 Å². The Balaban J connectivity index is 2.15. The minimum atomic E-state index is -1.10. The highest BCUT2D eigenvalue weighted by molar-refractivity contribution is 6.01. The van der Waals surface area contributed by atoms with E-state index in [1.54, 1.807) is 18.2 Å². The van der Waals surface area contributed by atoms with Crippen molar-refractivity contribution >= 4 is 23.5 Å². The largest absolute Gasteiger partial charge is 0.492 e. The molecule has 26 heavy (non-hydrogen) atoms. The van der Waals surface area contributed by atoms with E-state index in [0.29, 0.717) is 18.0 Å². The Kier molecular flexibility index (Phi) is 6.97. The topological polar surface area (TPSA) is 96.4 Å². The molecular weight excluding hydrogens is 340 g/mol. The average molecular weight is 364 g/mol. The zero-order chi connectivity index (χ0) is 19.1. The number of ether oxygens (including phenoxy) is 2. The number of benzene rings is 1. The number of aliphatic carboxylic acids is 1. The van der Waals surface area contributed by atoms with Crippen molar-refractivity contribution in [3.05, 3.63) is 24.3 Å². The Morgan fingerprint density at radius 2 is 2.08 bits per heavy atom. The molecule has 1 aromatic carbocycles. The van der Waals surface area contributed by atoms with E-state index in [1.165, 1.54) is 16.9 Å². The van der Waals surface area contributed by atoms with Gasteiger partial charge in [-0.05, 0) is 19.1 Å². The second-order valence-electron chi connectivity index (χ2n) is 5.95. The summed E-state index contributed by atoms with van der Waals surface area (Å²) in [5.74, 6) is -1.64. The second kappa shape index (κ2) is 9.19. The summed E-state index contributed by atoms with van der Waals surface area (Å²) in [7, 11) is 1.48. The van der Waals surface area contributed by atoms with Crippen molar-refractivity contribution in [2.75, 3.05) is 44.9 Å². The molecule has 0 spiro atoms. The van der Waals surface area contributed by atoms with Gasteiger partial charge in [0.1, 0.15) is 12.3 Å². The molecule has 1 aliphatic rings. The highest BCUT2D eigenvalue weighted by Crippen LogP contribution is 2.33. The van der Waals surface area contributed by atoms with Gasteiger partial charge in [0.25, 0.3) is 0 Å². The highest BCUT2D eigenvalue weighted by atomic mass is 16.5. The van der Waals surface area contributed by atoms with Crippen molar-refractivity contribution in [2.45, 2.75) is 13.3 Å². The van der Waals surface area contributed by atoms with Crippen LogP contribution in [0.1, 0.15) is 13.3 Å². The summed E-state index contributed by atoms with van der Waals surface area (Å²) in [6.07, 6.45) is 0.0440. The molecule has 1 fully saturated rings. The van der Waals surface area contributed by atoms with E-state index in [1.807, 2.05) is 13.0 Å². The fraction of sp³-hybridized carbons (Fsp3) is 0.500. The van der Waals surface area contributed by atoms with Gasteiger partial charge < -0.3 is 24.4 Å². The third-order valence-electron chi connectivity index (χ3n) is 4.13. The number of rotatable bonds is 9. The Morgan fingerprint density at radius 3 is 2.73 bits per heavy atom. The van der Waals surface area contributed by atoms with Crippen LogP contribution in [0.2, 0.25) is 0 Å². The van der Waals surface area contributed by atoms with Crippen LogP contribution in [0.25, 0.3) is 0 Å². The number of carboxylic acids is 1. The van der Waals surface area contributed by atoms with Gasteiger partial charge in [0, 0.05) is 26.6 Å². The van der Waals surface area contributed by atoms with Crippen molar-refractivity contribution in [3.8, 4) is 5.75 Å². The third kappa shape index (κ3) is 4.72. The maximum absolute atomic E-state index is 12.7. The molecule has 1 unspecified atom stereocenters. The number of nitrogens with zero attached hydrogens (tertiary/aromatic N) is 2. The zero-order valence-electron chi connectivity index (χ0n) is 15.0. The van der Waals surface area contributed by atoms with Crippen molar-refractivity contribution in [2.24, 2.45) is 5.92 Å². The predicted molar refractivity (Wildman–Crippen MR) is 94.2 cm³/mol. The van der Waals surface area contributed by atoms with Gasteiger partial charge in [-0.2, -0.15) is 0 Å². The molecule has 0 aliphatic carbocycles. The summed E-state index contributed by atoms with van der Waals surface area (Å²) in [5.41, 5.74) is 0.622.